The van der Waals surface area contributed by atoms with Gasteiger partial charge in [0.25, 0.3) is 0 Å². The number of hydrogen-bond acceptors (Lipinski definition) is 6. The average molecular weight is 358 g/mol. The Kier molecular flexibility index (Phi) is 5.32. The van der Waals surface area contributed by atoms with E-state index in [9.17, 15) is 9.59 Å². The molecule has 0 unspecified atom stereocenters. The zero-order valence-electron chi connectivity index (χ0n) is 11.3. The van der Waals surface area contributed by atoms with Crippen LogP contribution in [0.4, 0.5) is 10.6 Å². The summed E-state index contributed by atoms with van der Waals surface area (Å²) in [6.07, 6.45) is 4.86. The maximum absolute atomic E-state index is 11.9. The second kappa shape index (κ2) is 7.21. The number of hydroxylamine groups is 1. The molecule has 9 heteroatoms. The number of nitrogens with zero attached hydrogens (tertiary/aromatic N) is 3. The number of hydrogen-bond donors (Lipinski definition) is 2. The fraction of sp³-hybridized carbons (Fsp3) is 0.500. The van der Waals surface area contributed by atoms with Crippen molar-refractivity contribution in [2.75, 3.05) is 18.8 Å². The molecule has 1 aliphatic heterocycles. The molecule has 0 atom stereocenters. The van der Waals surface area contributed by atoms with Crippen LogP contribution in [0.3, 0.4) is 0 Å². The first-order valence-corrected chi connectivity index (χ1v) is 7.41. The van der Waals surface area contributed by atoms with Gasteiger partial charge in [-0.25, -0.2) is 14.8 Å². The zero-order chi connectivity index (χ0) is 15.2. The average Bonchev–Trinajstić information content (AvgIpc) is 2.76. The van der Waals surface area contributed by atoms with Gasteiger partial charge in [-0.1, -0.05) is 12.8 Å². The summed E-state index contributed by atoms with van der Waals surface area (Å²) in [5.41, 5.74) is 7.50. The molecule has 1 aliphatic rings. The van der Waals surface area contributed by atoms with Crippen LogP contribution in [0.1, 0.15) is 36.2 Å². The molecule has 1 aromatic heterocycles. The van der Waals surface area contributed by atoms with Crippen LogP contribution in [-0.2, 0) is 4.84 Å². The minimum atomic E-state index is -0.718. The largest absolute Gasteiger partial charge is 0.434 e. The van der Waals surface area contributed by atoms with Crippen LogP contribution in [0.2, 0.25) is 0 Å². The number of carbonyl (C=O) groups excluding carboxylic acids is 2. The first-order valence-electron chi connectivity index (χ1n) is 6.62. The number of likely N-dealkylation sites (tertiary alicyclic amines) is 1. The summed E-state index contributed by atoms with van der Waals surface area (Å²) in [5.74, 6) is -0.758. The van der Waals surface area contributed by atoms with Gasteiger partial charge in [-0.3, -0.25) is 4.79 Å². The van der Waals surface area contributed by atoms with Crippen molar-refractivity contribution in [3.05, 3.63) is 16.5 Å². The van der Waals surface area contributed by atoms with Gasteiger partial charge in [-0.15, -0.1) is 0 Å². The molecular weight excluding hydrogens is 342 g/mol. The van der Waals surface area contributed by atoms with E-state index in [1.807, 2.05) is 0 Å². The Morgan fingerprint density at radius 2 is 1.95 bits per heavy atom. The summed E-state index contributed by atoms with van der Waals surface area (Å²) >= 11 is 3.09. The lowest BCUT2D eigenvalue weighted by Crippen LogP contribution is -2.38. The molecule has 0 aliphatic carbocycles. The molecule has 1 saturated heterocycles. The van der Waals surface area contributed by atoms with Gasteiger partial charge in [0.2, 0.25) is 0 Å². The van der Waals surface area contributed by atoms with Gasteiger partial charge in [0.15, 0.2) is 11.5 Å². The van der Waals surface area contributed by atoms with Crippen molar-refractivity contribution in [2.24, 2.45) is 0 Å². The molecule has 1 aromatic rings. The van der Waals surface area contributed by atoms with E-state index in [0.29, 0.717) is 17.7 Å². The Balaban J connectivity index is 1.91. The number of aromatic nitrogens is 2. The van der Waals surface area contributed by atoms with Crippen LogP contribution in [0.25, 0.3) is 0 Å². The maximum atomic E-state index is 11.9. The second-order valence-corrected chi connectivity index (χ2v) is 5.44. The Morgan fingerprint density at radius 1 is 1.29 bits per heavy atom. The van der Waals surface area contributed by atoms with Crippen molar-refractivity contribution in [2.45, 2.75) is 25.7 Å². The molecule has 2 heterocycles. The normalized spacial score (nSPS) is 15.2. The molecule has 2 rings (SSSR count). The van der Waals surface area contributed by atoms with Crippen molar-refractivity contribution in [1.29, 1.82) is 0 Å². The van der Waals surface area contributed by atoms with E-state index in [2.05, 4.69) is 31.4 Å². The smallest absolute Gasteiger partial charge is 0.382 e. The SMILES string of the molecule is Nc1ncc(Br)nc1C(=O)NOC(=O)N1CCCCCC1. The molecule has 0 bridgehead atoms. The highest BCUT2D eigenvalue weighted by Crippen LogP contribution is 2.12. The number of rotatable bonds is 1. The van der Waals surface area contributed by atoms with E-state index in [1.54, 1.807) is 4.90 Å². The van der Waals surface area contributed by atoms with Crippen LogP contribution >= 0.6 is 15.9 Å². The molecule has 114 valence electrons. The van der Waals surface area contributed by atoms with E-state index < -0.39 is 12.0 Å². The van der Waals surface area contributed by atoms with Gasteiger partial charge in [0, 0.05) is 13.1 Å². The minimum absolute atomic E-state index is 0.0403. The third-order valence-electron chi connectivity index (χ3n) is 3.08. The fourth-order valence-electron chi connectivity index (χ4n) is 2.00. The van der Waals surface area contributed by atoms with Crippen LogP contribution in [0.15, 0.2) is 10.8 Å². The van der Waals surface area contributed by atoms with Crippen LogP contribution in [0.5, 0.6) is 0 Å². The minimum Gasteiger partial charge on any atom is -0.382 e. The van der Waals surface area contributed by atoms with Crippen molar-refractivity contribution >= 4 is 33.7 Å². The Bertz CT molecular complexity index is 532. The Morgan fingerprint density at radius 3 is 2.62 bits per heavy atom. The monoisotopic (exact) mass is 357 g/mol. The topological polar surface area (TPSA) is 110 Å². The van der Waals surface area contributed by atoms with Crippen molar-refractivity contribution in [1.82, 2.24) is 20.3 Å². The summed E-state index contributed by atoms with van der Waals surface area (Å²) < 4.78 is 0.362. The predicted octanol–water partition coefficient (Wildman–Crippen LogP) is 1.48. The fourth-order valence-corrected chi connectivity index (χ4v) is 2.28. The van der Waals surface area contributed by atoms with Crippen molar-refractivity contribution in [3.8, 4) is 0 Å². The van der Waals surface area contributed by atoms with Gasteiger partial charge in [-0.2, -0.15) is 5.48 Å². The third-order valence-corrected chi connectivity index (χ3v) is 3.46. The van der Waals surface area contributed by atoms with E-state index in [1.165, 1.54) is 6.20 Å². The van der Waals surface area contributed by atoms with E-state index in [-0.39, 0.29) is 11.5 Å². The Hall–Kier alpha value is -1.90. The number of amides is 2. The van der Waals surface area contributed by atoms with Gasteiger partial charge in [0.05, 0.1) is 6.20 Å². The highest BCUT2D eigenvalue weighted by molar-refractivity contribution is 9.10. The second-order valence-electron chi connectivity index (χ2n) is 4.63. The number of anilines is 1. The van der Waals surface area contributed by atoms with Crippen LogP contribution < -0.4 is 11.2 Å². The van der Waals surface area contributed by atoms with Crippen LogP contribution in [-0.4, -0.2) is 40.0 Å². The highest BCUT2D eigenvalue weighted by Gasteiger charge is 2.20. The number of halogens is 1. The first kappa shape index (κ1) is 15.5. The summed E-state index contributed by atoms with van der Waals surface area (Å²) in [4.78, 5) is 37.8. The summed E-state index contributed by atoms with van der Waals surface area (Å²) in [6.45, 7) is 1.26. The van der Waals surface area contributed by atoms with Gasteiger partial charge >= 0.3 is 12.0 Å². The number of nitrogens with two attached hydrogens (primary N) is 1. The van der Waals surface area contributed by atoms with Gasteiger partial charge < -0.3 is 15.5 Å². The quantitative estimate of drug-likeness (QED) is 0.736. The summed E-state index contributed by atoms with van der Waals surface area (Å²) in [6, 6.07) is 0. The standard InChI is InChI=1S/C12H16BrN5O3/c13-8-7-15-10(14)9(16-8)11(19)17-21-12(20)18-5-3-1-2-4-6-18/h7H,1-6H2,(H2,14,15)(H,17,19). The lowest BCUT2D eigenvalue weighted by atomic mass is 10.2. The van der Waals surface area contributed by atoms with Crippen LogP contribution in [0, 0.1) is 0 Å². The molecule has 3 N–H and O–H groups in total. The van der Waals surface area contributed by atoms with Gasteiger partial charge in [0.1, 0.15) is 4.60 Å². The molecule has 0 aromatic carbocycles. The molecule has 0 radical (unpaired) electrons. The van der Waals surface area contributed by atoms with E-state index in [0.717, 1.165) is 25.7 Å². The van der Waals surface area contributed by atoms with Gasteiger partial charge in [-0.05, 0) is 28.8 Å². The summed E-state index contributed by atoms with van der Waals surface area (Å²) in [5, 5.41) is 0. The molecule has 2 amide bonds. The predicted molar refractivity (Wildman–Crippen MR) is 78.1 cm³/mol. The number of nitrogens with one attached hydrogen (secondary N) is 1. The van der Waals surface area contributed by atoms with Crippen molar-refractivity contribution in [3.63, 3.8) is 0 Å². The molecule has 0 saturated carbocycles. The van der Waals surface area contributed by atoms with E-state index >= 15 is 0 Å². The lowest BCUT2D eigenvalue weighted by molar-refractivity contribution is 0.0421. The van der Waals surface area contributed by atoms with Crippen molar-refractivity contribution < 1.29 is 14.4 Å². The summed E-state index contributed by atoms with van der Waals surface area (Å²) in [7, 11) is 0. The first-order chi connectivity index (χ1) is 10.1. The molecule has 21 heavy (non-hydrogen) atoms. The highest BCUT2D eigenvalue weighted by atomic mass is 79.9. The zero-order valence-corrected chi connectivity index (χ0v) is 12.9. The Labute approximate surface area is 130 Å². The number of nitrogen functional groups attached to an aromatic ring is 1. The molecule has 8 nitrogen and oxygen atoms in total. The van der Waals surface area contributed by atoms with E-state index in [4.69, 9.17) is 10.6 Å². The lowest BCUT2D eigenvalue weighted by Gasteiger charge is -2.19. The molecule has 1 fully saturated rings. The number of carbonyl (C=O) groups is 2. The molecule has 0 spiro atoms. The maximum Gasteiger partial charge on any atom is 0.434 e. The third kappa shape index (κ3) is 4.28. The molecular formula is C12H16BrN5O3.